The lowest BCUT2D eigenvalue weighted by molar-refractivity contribution is -0.0194. The first kappa shape index (κ1) is 27.7. The number of carbonyl (C=O) groups excluding carboxylic acids is 2. The predicted octanol–water partition coefficient (Wildman–Crippen LogP) is 4.71. The van der Waals surface area contributed by atoms with E-state index < -0.39 is 11.2 Å². The van der Waals surface area contributed by atoms with Gasteiger partial charge in [0.2, 0.25) is 0 Å². The van der Waals surface area contributed by atoms with Crippen molar-refractivity contribution in [1.82, 2.24) is 19.7 Å². The number of aromatic nitrogens is 1. The van der Waals surface area contributed by atoms with E-state index >= 15 is 0 Å². The summed E-state index contributed by atoms with van der Waals surface area (Å²) in [4.78, 5) is 36.5. The zero-order valence-corrected chi connectivity index (χ0v) is 23.0. The third-order valence-corrected chi connectivity index (χ3v) is 6.18. The van der Waals surface area contributed by atoms with E-state index in [4.69, 9.17) is 9.47 Å². The maximum absolute atomic E-state index is 13.0. The van der Waals surface area contributed by atoms with Crippen molar-refractivity contribution >= 4 is 12.2 Å². The molecule has 0 aromatic carbocycles. The predicted molar refractivity (Wildman–Crippen MR) is 136 cm³/mol. The highest BCUT2D eigenvalue weighted by molar-refractivity contribution is 5.69. The van der Waals surface area contributed by atoms with Gasteiger partial charge in [0.25, 0.3) is 0 Å². The van der Waals surface area contributed by atoms with Crippen LogP contribution >= 0.6 is 0 Å². The lowest BCUT2D eigenvalue weighted by Gasteiger charge is -2.47. The van der Waals surface area contributed by atoms with Gasteiger partial charge in [0.15, 0.2) is 0 Å². The monoisotopic (exact) mass is 499 g/mol. The zero-order chi connectivity index (χ0) is 26.8. The molecule has 1 fully saturated rings. The van der Waals surface area contributed by atoms with Crippen LogP contribution in [0.3, 0.4) is 0 Å². The number of rotatable bonds is 3. The van der Waals surface area contributed by atoms with Crippen LogP contribution in [0.15, 0.2) is 12.1 Å². The molecule has 0 aliphatic carbocycles. The van der Waals surface area contributed by atoms with Gasteiger partial charge in [-0.2, -0.15) is 5.26 Å². The van der Waals surface area contributed by atoms with E-state index in [1.165, 1.54) is 0 Å². The fraction of sp³-hybridized carbons (Fsp3) is 0.704. The Morgan fingerprint density at radius 3 is 2.28 bits per heavy atom. The van der Waals surface area contributed by atoms with Crippen LogP contribution in [0.25, 0.3) is 0 Å². The second-order valence-electron chi connectivity index (χ2n) is 12.2. The molecule has 0 radical (unpaired) electrons. The quantitative estimate of drug-likeness (QED) is 0.594. The van der Waals surface area contributed by atoms with Gasteiger partial charge >= 0.3 is 12.2 Å². The van der Waals surface area contributed by atoms with Crippen LogP contribution in [0.1, 0.15) is 84.8 Å². The first-order chi connectivity index (χ1) is 16.7. The van der Waals surface area contributed by atoms with Crippen molar-refractivity contribution in [1.29, 1.82) is 5.26 Å². The molecular weight excluding hydrogens is 458 g/mol. The molecule has 3 rings (SSSR count). The molecule has 3 heterocycles. The summed E-state index contributed by atoms with van der Waals surface area (Å²) >= 11 is 0. The van der Waals surface area contributed by atoms with Gasteiger partial charge in [0, 0.05) is 32.2 Å². The summed E-state index contributed by atoms with van der Waals surface area (Å²) in [6.07, 6.45) is 0.169. The van der Waals surface area contributed by atoms with Crippen LogP contribution in [-0.2, 0) is 16.0 Å². The lowest BCUT2D eigenvalue weighted by Crippen LogP contribution is -2.58. The number of fused-ring (bicyclic) bond motifs is 1. The third kappa shape index (κ3) is 7.10. The molecular formula is C27H41N5O4. The average molecular weight is 500 g/mol. The van der Waals surface area contributed by atoms with Crippen LogP contribution in [0.2, 0.25) is 0 Å². The standard InChI is InChI=1S/C27H41N5O4/c1-18(2)13-21-16-30(11-12-32(21)25(34)36-27(6,7)8)22-17-31(24(33)35-26(3,4)5)15-19-9-10-20(14-28)29-23(19)22/h9-10,18,21-22H,11-13,15-17H2,1-8H3. The Morgan fingerprint density at radius 1 is 1.06 bits per heavy atom. The summed E-state index contributed by atoms with van der Waals surface area (Å²) in [7, 11) is 0. The number of carbonyl (C=O) groups is 2. The van der Waals surface area contributed by atoms with Crippen molar-refractivity contribution < 1.29 is 19.1 Å². The summed E-state index contributed by atoms with van der Waals surface area (Å²) < 4.78 is 11.4. The molecule has 9 heteroatoms. The van der Waals surface area contributed by atoms with E-state index in [2.05, 4.69) is 29.8 Å². The highest BCUT2D eigenvalue weighted by Gasteiger charge is 2.40. The Labute approximate surface area is 215 Å². The van der Waals surface area contributed by atoms with Gasteiger partial charge in [-0.15, -0.1) is 0 Å². The first-order valence-electron chi connectivity index (χ1n) is 12.8. The first-order valence-corrected chi connectivity index (χ1v) is 12.8. The molecule has 2 unspecified atom stereocenters. The maximum atomic E-state index is 13.0. The highest BCUT2D eigenvalue weighted by atomic mass is 16.6. The SMILES string of the molecule is CC(C)CC1CN(C2CN(C(=O)OC(C)(C)C)Cc3ccc(C#N)nc32)CCN1C(=O)OC(C)(C)C. The summed E-state index contributed by atoms with van der Waals surface area (Å²) in [5.41, 5.74) is 0.922. The minimum absolute atomic E-state index is 0.0342. The lowest BCUT2D eigenvalue weighted by atomic mass is 9.95. The Balaban J connectivity index is 1.90. The van der Waals surface area contributed by atoms with Crippen molar-refractivity contribution in [2.75, 3.05) is 26.2 Å². The van der Waals surface area contributed by atoms with E-state index in [-0.39, 0.29) is 24.3 Å². The number of pyridine rings is 1. The minimum atomic E-state index is -0.600. The van der Waals surface area contributed by atoms with Gasteiger partial charge in [-0.1, -0.05) is 19.9 Å². The second-order valence-corrected chi connectivity index (χ2v) is 12.2. The number of amides is 2. The van der Waals surface area contributed by atoms with Crippen LogP contribution in [0.4, 0.5) is 9.59 Å². The number of nitriles is 1. The van der Waals surface area contributed by atoms with Crippen molar-refractivity contribution in [2.24, 2.45) is 5.92 Å². The van der Waals surface area contributed by atoms with E-state index in [9.17, 15) is 14.9 Å². The third-order valence-electron chi connectivity index (χ3n) is 6.18. The molecule has 2 aliphatic heterocycles. The van der Waals surface area contributed by atoms with Crippen LogP contribution in [-0.4, -0.2) is 75.3 Å². The Hall–Kier alpha value is -2.86. The zero-order valence-electron chi connectivity index (χ0n) is 23.0. The number of piperazine rings is 1. The van der Waals surface area contributed by atoms with Crippen molar-refractivity contribution in [2.45, 2.75) is 91.6 Å². The van der Waals surface area contributed by atoms with E-state index in [0.29, 0.717) is 44.3 Å². The molecule has 2 atom stereocenters. The second kappa shape index (κ2) is 10.6. The maximum Gasteiger partial charge on any atom is 0.410 e. The molecule has 1 aromatic heterocycles. The Morgan fingerprint density at radius 2 is 1.69 bits per heavy atom. The molecule has 1 saturated heterocycles. The van der Waals surface area contributed by atoms with Gasteiger partial charge in [0.05, 0.1) is 18.3 Å². The molecule has 9 nitrogen and oxygen atoms in total. The number of ether oxygens (including phenoxy) is 2. The summed E-state index contributed by atoms with van der Waals surface area (Å²) in [6.45, 7) is 18.0. The fourth-order valence-electron chi connectivity index (χ4n) is 4.78. The molecule has 2 amide bonds. The molecule has 2 aliphatic rings. The molecule has 0 bridgehead atoms. The Kier molecular flexibility index (Phi) is 8.19. The Bertz CT molecular complexity index is 1000. The van der Waals surface area contributed by atoms with Crippen molar-refractivity contribution in [3.8, 4) is 6.07 Å². The largest absolute Gasteiger partial charge is 0.444 e. The van der Waals surface area contributed by atoms with Crippen molar-refractivity contribution in [3.05, 3.63) is 29.1 Å². The molecule has 198 valence electrons. The van der Waals surface area contributed by atoms with Gasteiger partial charge in [-0.05, 0) is 65.5 Å². The number of hydrogen-bond donors (Lipinski definition) is 0. The normalized spacial score (nSPS) is 21.1. The van der Waals surface area contributed by atoms with Crippen molar-refractivity contribution in [3.63, 3.8) is 0 Å². The molecule has 36 heavy (non-hydrogen) atoms. The van der Waals surface area contributed by atoms with E-state index in [1.54, 1.807) is 11.0 Å². The van der Waals surface area contributed by atoms with Gasteiger partial charge < -0.3 is 19.3 Å². The number of nitrogens with zero attached hydrogens (tertiary/aromatic N) is 5. The summed E-state index contributed by atoms with van der Waals surface area (Å²) in [5.74, 6) is 0.389. The van der Waals surface area contributed by atoms with E-state index in [0.717, 1.165) is 17.7 Å². The van der Waals surface area contributed by atoms with Crippen LogP contribution < -0.4 is 0 Å². The fourth-order valence-corrected chi connectivity index (χ4v) is 4.78. The van der Waals surface area contributed by atoms with Crippen LogP contribution in [0, 0.1) is 17.2 Å². The summed E-state index contributed by atoms with van der Waals surface area (Å²) in [5, 5.41) is 9.46. The minimum Gasteiger partial charge on any atom is -0.444 e. The molecule has 1 aromatic rings. The van der Waals surface area contributed by atoms with E-state index in [1.807, 2.05) is 52.5 Å². The summed E-state index contributed by atoms with van der Waals surface area (Å²) in [6, 6.07) is 5.47. The van der Waals surface area contributed by atoms with Gasteiger partial charge in [-0.25, -0.2) is 14.6 Å². The molecule has 0 saturated carbocycles. The number of hydrogen-bond acceptors (Lipinski definition) is 7. The van der Waals surface area contributed by atoms with Crippen LogP contribution in [0.5, 0.6) is 0 Å². The highest BCUT2D eigenvalue weighted by Crippen LogP contribution is 2.33. The van der Waals surface area contributed by atoms with Gasteiger partial charge in [-0.3, -0.25) is 4.90 Å². The van der Waals surface area contributed by atoms with Gasteiger partial charge in [0.1, 0.15) is 23.0 Å². The molecule has 0 N–H and O–H groups in total. The topological polar surface area (TPSA) is 99.0 Å². The smallest absolute Gasteiger partial charge is 0.410 e. The average Bonchev–Trinajstić information content (AvgIpc) is 2.75. The molecule has 0 spiro atoms.